The molecule has 2 aromatic carbocycles. The van der Waals surface area contributed by atoms with Crippen molar-refractivity contribution < 1.29 is 24.1 Å². The molecule has 0 saturated carbocycles. The average Bonchev–Trinajstić information content (AvgIpc) is 3.41. The quantitative estimate of drug-likeness (QED) is 0.578. The van der Waals surface area contributed by atoms with Crippen molar-refractivity contribution >= 4 is 15.9 Å². The van der Waals surface area contributed by atoms with Crippen LogP contribution < -0.4 is 0 Å². The average molecular weight is 479 g/mol. The van der Waals surface area contributed by atoms with Crippen LogP contribution in [-0.2, 0) is 31.8 Å². The first kappa shape index (κ1) is 23.4. The molecule has 2 aliphatic rings. The molecule has 2 fully saturated rings. The summed E-state index contributed by atoms with van der Waals surface area (Å²) in [6, 6.07) is 20.4. The summed E-state index contributed by atoms with van der Waals surface area (Å²) >= 11 is 3.45. The molecule has 0 spiro atoms. The van der Waals surface area contributed by atoms with Gasteiger partial charge in [0, 0.05) is 37.6 Å². The first-order valence-corrected chi connectivity index (χ1v) is 11.6. The second-order valence-electron chi connectivity index (χ2n) is 7.45. The Bertz CT molecular complexity index is 649. The van der Waals surface area contributed by atoms with Crippen molar-refractivity contribution in [3.63, 3.8) is 0 Å². The van der Waals surface area contributed by atoms with E-state index in [1.165, 1.54) is 11.1 Å². The zero-order valence-electron chi connectivity index (χ0n) is 17.3. The SMILES string of the molecule is BrCCC1(Cc2ccccc2)OCCO1.OCCC1(Cc2ccccc2)OCCO1. The summed E-state index contributed by atoms with van der Waals surface area (Å²) in [6.45, 7) is 2.74. The lowest BCUT2D eigenvalue weighted by atomic mass is 10.0. The van der Waals surface area contributed by atoms with Crippen molar-refractivity contribution in [2.75, 3.05) is 38.4 Å². The van der Waals surface area contributed by atoms with Crippen LogP contribution in [0.1, 0.15) is 24.0 Å². The second kappa shape index (κ2) is 11.9. The number of halogens is 1. The molecule has 0 aliphatic carbocycles. The Labute approximate surface area is 187 Å². The zero-order chi connectivity index (χ0) is 21.1. The molecule has 2 aliphatic heterocycles. The standard InChI is InChI=1S/C12H15BrO2.C12H16O3/c2*13-7-6-12(14-8-9-15-12)10-11-4-2-1-3-5-11/h1-5H,6-10H2;1-5,13H,6-10H2. The number of benzene rings is 2. The Morgan fingerprint density at radius 1 is 0.667 bits per heavy atom. The van der Waals surface area contributed by atoms with Crippen LogP contribution in [0.25, 0.3) is 0 Å². The van der Waals surface area contributed by atoms with E-state index in [9.17, 15) is 0 Å². The number of ether oxygens (including phenoxy) is 4. The van der Waals surface area contributed by atoms with Gasteiger partial charge < -0.3 is 24.1 Å². The molecule has 5 nitrogen and oxygen atoms in total. The molecule has 2 saturated heterocycles. The molecule has 1 N–H and O–H groups in total. The molecule has 0 aromatic heterocycles. The van der Waals surface area contributed by atoms with Crippen molar-refractivity contribution in [2.24, 2.45) is 0 Å². The number of alkyl halides is 1. The summed E-state index contributed by atoms with van der Waals surface area (Å²) in [5.41, 5.74) is 2.44. The molecular formula is C24H31BrO5. The predicted octanol–water partition coefficient (Wildman–Crippen LogP) is 4.11. The topological polar surface area (TPSA) is 57.2 Å². The van der Waals surface area contributed by atoms with Crippen LogP contribution in [0.2, 0.25) is 0 Å². The maximum absolute atomic E-state index is 9.01. The fourth-order valence-corrected chi connectivity index (χ4v) is 4.40. The van der Waals surface area contributed by atoms with Crippen LogP contribution in [0, 0.1) is 0 Å². The van der Waals surface area contributed by atoms with E-state index in [1.54, 1.807) is 0 Å². The molecule has 0 amide bonds. The third-order valence-corrected chi connectivity index (χ3v) is 5.62. The molecule has 6 heteroatoms. The fraction of sp³-hybridized carbons (Fsp3) is 0.500. The molecule has 164 valence electrons. The highest BCUT2D eigenvalue weighted by molar-refractivity contribution is 9.09. The Hall–Kier alpha value is -1.28. The first-order chi connectivity index (χ1) is 14.7. The lowest BCUT2D eigenvalue weighted by Gasteiger charge is -2.26. The van der Waals surface area contributed by atoms with Crippen LogP contribution in [0.5, 0.6) is 0 Å². The summed E-state index contributed by atoms with van der Waals surface area (Å²) in [7, 11) is 0. The third kappa shape index (κ3) is 6.87. The highest BCUT2D eigenvalue weighted by Crippen LogP contribution is 2.29. The smallest absolute Gasteiger partial charge is 0.174 e. The molecule has 4 rings (SSSR count). The van der Waals surface area contributed by atoms with Gasteiger partial charge in [-0.05, 0) is 11.1 Å². The molecule has 2 heterocycles. The van der Waals surface area contributed by atoms with E-state index in [0.29, 0.717) is 39.3 Å². The number of hydrogen-bond donors (Lipinski definition) is 1. The van der Waals surface area contributed by atoms with Crippen LogP contribution in [-0.4, -0.2) is 55.0 Å². The van der Waals surface area contributed by atoms with Crippen molar-refractivity contribution in [1.82, 2.24) is 0 Å². The van der Waals surface area contributed by atoms with Gasteiger partial charge in [-0.2, -0.15) is 0 Å². The minimum Gasteiger partial charge on any atom is -0.396 e. The van der Waals surface area contributed by atoms with Gasteiger partial charge in [0.2, 0.25) is 0 Å². The van der Waals surface area contributed by atoms with Crippen LogP contribution in [0.15, 0.2) is 60.7 Å². The zero-order valence-corrected chi connectivity index (χ0v) is 18.9. The molecule has 0 radical (unpaired) electrons. The molecule has 30 heavy (non-hydrogen) atoms. The lowest BCUT2D eigenvalue weighted by Crippen LogP contribution is -2.34. The summed E-state index contributed by atoms with van der Waals surface area (Å²) in [5.74, 6) is -0.999. The minimum absolute atomic E-state index is 0.0901. The maximum Gasteiger partial charge on any atom is 0.174 e. The van der Waals surface area contributed by atoms with Crippen LogP contribution in [0.4, 0.5) is 0 Å². The van der Waals surface area contributed by atoms with Gasteiger partial charge in [0.1, 0.15) is 0 Å². The van der Waals surface area contributed by atoms with Crippen molar-refractivity contribution in [2.45, 2.75) is 37.3 Å². The van der Waals surface area contributed by atoms with Gasteiger partial charge in [0.15, 0.2) is 11.6 Å². The minimum atomic E-state index is -0.601. The van der Waals surface area contributed by atoms with Gasteiger partial charge >= 0.3 is 0 Å². The monoisotopic (exact) mass is 478 g/mol. The van der Waals surface area contributed by atoms with Crippen molar-refractivity contribution in [1.29, 1.82) is 0 Å². The largest absolute Gasteiger partial charge is 0.396 e. The Morgan fingerprint density at radius 3 is 1.43 bits per heavy atom. The second-order valence-corrected chi connectivity index (χ2v) is 8.25. The molecule has 0 bridgehead atoms. The van der Waals surface area contributed by atoms with Gasteiger partial charge in [-0.3, -0.25) is 0 Å². The normalized spacial score (nSPS) is 19.3. The van der Waals surface area contributed by atoms with E-state index < -0.39 is 11.6 Å². The van der Waals surface area contributed by atoms with E-state index >= 15 is 0 Å². The van der Waals surface area contributed by atoms with Gasteiger partial charge in [0.25, 0.3) is 0 Å². The molecule has 0 unspecified atom stereocenters. The Kier molecular flexibility index (Phi) is 9.30. The lowest BCUT2D eigenvalue weighted by molar-refractivity contribution is -0.166. The maximum atomic E-state index is 9.01. The number of aliphatic hydroxyl groups excluding tert-OH is 1. The van der Waals surface area contributed by atoms with Crippen molar-refractivity contribution in [3.05, 3.63) is 71.8 Å². The molecule has 0 atom stereocenters. The van der Waals surface area contributed by atoms with E-state index in [0.717, 1.165) is 18.2 Å². The summed E-state index contributed by atoms with van der Waals surface area (Å²) < 4.78 is 22.7. The van der Waals surface area contributed by atoms with E-state index in [1.807, 2.05) is 48.5 Å². The van der Waals surface area contributed by atoms with Crippen LogP contribution in [0.3, 0.4) is 0 Å². The Morgan fingerprint density at radius 2 is 1.07 bits per heavy atom. The summed E-state index contributed by atoms with van der Waals surface area (Å²) in [5, 5.41) is 9.91. The highest BCUT2D eigenvalue weighted by Gasteiger charge is 2.36. The number of aliphatic hydroxyl groups is 1. The van der Waals surface area contributed by atoms with Gasteiger partial charge in [-0.25, -0.2) is 0 Å². The van der Waals surface area contributed by atoms with Crippen molar-refractivity contribution in [3.8, 4) is 0 Å². The Balaban J connectivity index is 0.000000171. The van der Waals surface area contributed by atoms with E-state index in [-0.39, 0.29) is 6.61 Å². The molecular weight excluding hydrogens is 448 g/mol. The number of hydrogen-bond acceptors (Lipinski definition) is 5. The van der Waals surface area contributed by atoms with Gasteiger partial charge in [-0.1, -0.05) is 76.6 Å². The highest BCUT2D eigenvalue weighted by atomic mass is 79.9. The van der Waals surface area contributed by atoms with E-state index in [2.05, 4.69) is 28.1 Å². The molecule has 2 aromatic rings. The predicted molar refractivity (Wildman–Crippen MR) is 120 cm³/mol. The summed E-state index contributed by atoms with van der Waals surface area (Å²) in [6.07, 6.45) is 2.96. The third-order valence-electron chi connectivity index (χ3n) is 5.23. The van der Waals surface area contributed by atoms with Crippen LogP contribution >= 0.6 is 15.9 Å². The fourth-order valence-electron chi connectivity index (χ4n) is 3.79. The van der Waals surface area contributed by atoms with E-state index in [4.69, 9.17) is 24.1 Å². The van der Waals surface area contributed by atoms with Gasteiger partial charge in [0.05, 0.1) is 26.4 Å². The van der Waals surface area contributed by atoms with Gasteiger partial charge in [-0.15, -0.1) is 0 Å². The first-order valence-electron chi connectivity index (χ1n) is 10.5. The number of rotatable bonds is 8. The summed E-state index contributed by atoms with van der Waals surface area (Å²) in [4.78, 5) is 0.